The van der Waals surface area contributed by atoms with Gasteiger partial charge in [0.1, 0.15) is 24.8 Å². The Hall–Kier alpha value is -1.54. The summed E-state index contributed by atoms with van der Waals surface area (Å²) >= 11 is 0. The third kappa shape index (κ3) is 19.2. The molecule has 0 aliphatic heterocycles. The maximum Gasteiger partial charge on any atom is 0.244 e. The number of aliphatic hydroxyl groups is 2. The Bertz CT molecular complexity index is 929. The molecule has 2 aromatic rings. The zero-order chi connectivity index (χ0) is 29.8. The molecule has 225 valence electrons. The number of aromatic nitrogens is 4. The molecule has 39 heavy (non-hydrogen) atoms. The second kappa shape index (κ2) is 18.0. The summed E-state index contributed by atoms with van der Waals surface area (Å²) < 4.78 is 75.8. The van der Waals surface area contributed by atoms with Gasteiger partial charge < -0.3 is 10.2 Å². The van der Waals surface area contributed by atoms with Crippen LogP contribution in [0.25, 0.3) is 0 Å². The van der Waals surface area contributed by atoms with Crippen LogP contribution in [0.3, 0.4) is 0 Å². The standard InChI is InChI=1S/C20H34N6O2.2ClHO4.Mn/c1-15(19(17(3)27)25-11-9-23(5)13-25)21-7-8-22-16(2)20(18(4)28)26-12-10-24(6)14-26;2*2-1(3,4)5;/h9-14,17-20,27-28H,7-8H2,1-6H3;2*(H,2,3,4,5);/q+2;;;/p-2. The predicted molar refractivity (Wildman–Crippen MR) is 109 cm³/mol. The van der Waals surface area contributed by atoms with Crippen LogP contribution in [-0.4, -0.2) is 56.1 Å². The fraction of sp³-hybridized carbons (Fsp3) is 0.600. The minimum absolute atomic E-state index is 0. The van der Waals surface area contributed by atoms with Gasteiger partial charge in [-0.1, -0.05) is 0 Å². The average Bonchev–Trinajstić information content (AvgIpc) is 3.30. The Kier molecular flexibility index (Phi) is 18.3. The van der Waals surface area contributed by atoms with Crippen LogP contribution >= 0.6 is 0 Å². The third-order valence-electron chi connectivity index (χ3n) is 4.81. The number of aryl methyl sites for hydroxylation is 2. The first kappa shape index (κ1) is 39.6. The van der Waals surface area contributed by atoms with Crippen molar-refractivity contribution in [3.05, 3.63) is 37.4 Å². The van der Waals surface area contributed by atoms with Gasteiger partial charge in [-0.25, -0.2) is 55.5 Å². The number of nitrogens with zero attached hydrogens (tertiary/aromatic N) is 6. The molecule has 2 N–H and O–H groups in total. The number of imidazole rings is 2. The Balaban J connectivity index is 0. The van der Waals surface area contributed by atoms with Crippen molar-refractivity contribution in [2.45, 2.75) is 52.0 Å². The van der Waals surface area contributed by atoms with E-state index in [4.69, 9.17) is 37.3 Å². The van der Waals surface area contributed by atoms with Crippen LogP contribution in [0, 0.1) is 20.5 Å². The van der Waals surface area contributed by atoms with Gasteiger partial charge in [0.2, 0.25) is 12.7 Å². The van der Waals surface area contributed by atoms with Gasteiger partial charge in [0.25, 0.3) is 0 Å². The van der Waals surface area contributed by atoms with Gasteiger partial charge in [-0.2, -0.15) is 0 Å². The van der Waals surface area contributed by atoms with Crippen molar-refractivity contribution in [2.75, 3.05) is 13.1 Å². The molecule has 0 saturated carbocycles. The summed E-state index contributed by atoms with van der Waals surface area (Å²) in [5.41, 5.74) is 1.73. The maximum atomic E-state index is 10.2. The fourth-order valence-electron chi connectivity index (χ4n) is 3.54. The molecule has 0 amide bonds. The predicted octanol–water partition coefficient (Wildman–Crippen LogP) is -9.11. The minimum Gasteiger partial charge on any atom is -0.389 e. The summed E-state index contributed by atoms with van der Waals surface area (Å²) in [7, 11) is -5.99. The van der Waals surface area contributed by atoms with Gasteiger partial charge in [-0.3, -0.25) is 9.98 Å². The molecule has 0 spiro atoms. The van der Waals surface area contributed by atoms with Crippen LogP contribution in [0.5, 0.6) is 0 Å². The summed E-state index contributed by atoms with van der Waals surface area (Å²) in [6.07, 6.45) is 10.5. The molecule has 2 heterocycles. The van der Waals surface area contributed by atoms with E-state index >= 15 is 0 Å². The van der Waals surface area contributed by atoms with Crippen molar-refractivity contribution in [1.82, 2.24) is 9.13 Å². The molecule has 0 bridgehead atoms. The van der Waals surface area contributed by atoms with E-state index in [1.54, 1.807) is 13.8 Å². The molecule has 0 aliphatic carbocycles. The molecular formula is C20H34Cl2MnN6O10. The number of aliphatic imine (C=N–C) groups is 2. The number of halogens is 2. The first-order chi connectivity index (χ1) is 17.2. The minimum atomic E-state index is -4.94. The normalized spacial score (nSPS) is 15.6. The van der Waals surface area contributed by atoms with E-state index in [0.717, 1.165) is 11.4 Å². The van der Waals surface area contributed by atoms with Crippen LogP contribution in [0.4, 0.5) is 0 Å². The molecule has 4 unspecified atom stereocenters. The van der Waals surface area contributed by atoms with Crippen molar-refractivity contribution in [2.24, 2.45) is 24.1 Å². The van der Waals surface area contributed by atoms with Crippen molar-refractivity contribution in [1.29, 1.82) is 0 Å². The van der Waals surface area contributed by atoms with Crippen LogP contribution < -0.4 is 46.4 Å². The molecule has 16 nitrogen and oxygen atoms in total. The Labute approximate surface area is 241 Å². The van der Waals surface area contributed by atoms with E-state index in [1.165, 1.54) is 0 Å². The Morgan fingerprint density at radius 2 is 0.974 bits per heavy atom. The summed E-state index contributed by atoms with van der Waals surface area (Å²) in [6.45, 7) is 8.49. The molecule has 4 atom stereocenters. The number of aliphatic hydroxyl groups excluding tert-OH is 2. The van der Waals surface area contributed by atoms with Crippen LogP contribution in [-0.2, 0) is 31.2 Å². The molecule has 1 radical (unpaired) electrons. The number of rotatable bonds is 9. The van der Waals surface area contributed by atoms with E-state index < -0.39 is 32.7 Å². The van der Waals surface area contributed by atoms with Crippen molar-refractivity contribution < 1.29 is 94.2 Å². The SMILES string of the molecule is CC(=NCCN=C(C)C(C(C)O)n1cc[n+](C)c1)C(C(C)O)n1cc[n+](C)c1.[Mn].[O-][Cl+3]([O-])([O-])[O-].[O-][Cl+3]([O-])([O-])[O-]. The zero-order valence-corrected chi connectivity index (χ0v) is 24.9. The van der Waals surface area contributed by atoms with Gasteiger partial charge in [0.05, 0.1) is 50.8 Å². The fourth-order valence-corrected chi connectivity index (χ4v) is 3.54. The molecule has 0 fully saturated rings. The first-order valence-electron chi connectivity index (χ1n) is 10.9. The largest absolute Gasteiger partial charge is 0.389 e. The quantitative estimate of drug-likeness (QED) is 0.113. The maximum absolute atomic E-state index is 10.2. The Morgan fingerprint density at radius 3 is 1.15 bits per heavy atom. The molecular weight excluding hydrogens is 610 g/mol. The van der Waals surface area contributed by atoms with E-state index in [-0.39, 0.29) is 29.2 Å². The Morgan fingerprint density at radius 1 is 0.718 bits per heavy atom. The van der Waals surface area contributed by atoms with Crippen molar-refractivity contribution >= 4 is 11.4 Å². The van der Waals surface area contributed by atoms with Gasteiger partial charge in [0, 0.05) is 17.1 Å². The molecule has 0 aliphatic rings. The first-order valence-corrected chi connectivity index (χ1v) is 13.3. The van der Waals surface area contributed by atoms with Crippen LogP contribution in [0.1, 0.15) is 39.8 Å². The average molecular weight is 644 g/mol. The van der Waals surface area contributed by atoms with Crippen molar-refractivity contribution in [3.63, 3.8) is 0 Å². The van der Waals surface area contributed by atoms with Crippen molar-refractivity contribution in [3.8, 4) is 0 Å². The van der Waals surface area contributed by atoms with Gasteiger partial charge in [-0.05, 0) is 27.7 Å². The summed E-state index contributed by atoms with van der Waals surface area (Å²) in [4.78, 5) is 9.26. The van der Waals surface area contributed by atoms with E-state index in [2.05, 4.69) is 9.98 Å². The molecule has 0 saturated heterocycles. The van der Waals surface area contributed by atoms with Gasteiger partial charge >= 0.3 is 0 Å². The molecule has 19 heteroatoms. The van der Waals surface area contributed by atoms with Crippen LogP contribution in [0.15, 0.2) is 47.4 Å². The molecule has 2 aromatic heterocycles. The summed E-state index contributed by atoms with van der Waals surface area (Å²) in [5, 5.41) is 20.4. The second-order valence-corrected chi connectivity index (χ2v) is 9.74. The summed E-state index contributed by atoms with van der Waals surface area (Å²) in [5.74, 6) is 0. The third-order valence-corrected chi connectivity index (χ3v) is 4.81. The van der Waals surface area contributed by atoms with E-state index in [0.29, 0.717) is 13.1 Å². The monoisotopic (exact) mass is 643 g/mol. The molecule has 2 rings (SSSR count). The van der Waals surface area contributed by atoms with E-state index in [1.807, 2.05) is 83.7 Å². The smallest absolute Gasteiger partial charge is 0.244 e. The summed E-state index contributed by atoms with van der Waals surface area (Å²) in [6, 6.07) is -0.396. The van der Waals surface area contributed by atoms with Gasteiger partial charge in [-0.15, -0.1) is 20.5 Å². The van der Waals surface area contributed by atoms with Gasteiger partial charge in [0.15, 0.2) is 12.1 Å². The van der Waals surface area contributed by atoms with E-state index in [9.17, 15) is 10.2 Å². The number of hydrogen-bond acceptors (Lipinski definition) is 12. The van der Waals surface area contributed by atoms with Crippen LogP contribution in [0.2, 0.25) is 0 Å². The zero-order valence-electron chi connectivity index (χ0n) is 22.2. The molecule has 0 aromatic carbocycles. The number of hydrogen-bond donors (Lipinski definition) is 2. The topological polar surface area (TPSA) is 267 Å². The second-order valence-electron chi connectivity index (χ2n) is 8.23.